The van der Waals surface area contributed by atoms with E-state index in [0.29, 0.717) is 35.5 Å². The number of rotatable bonds is 11. The van der Waals surface area contributed by atoms with Crippen LogP contribution in [-0.2, 0) is 0 Å². The monoisotopic (exact) mass is 604 g/mol. The van der Waals surface area contributed by atoms with Crippen molar-refractivity contribution in [2.45, 2.75) is 138 Å². The summed E-state index contributed by atoms with van der Waals surface area (Å²) in [7, 11) is -2.75. The maximum absolute atomic E-state index is 2.75. The van der Waals surface area contributed by atoms with E-state index in [0.717, 1.165) is 12.8 Å². The Morgan fingerprint density at radius 3 is 0.932 bits per heavy atom. The van der Waals surface area contributed by atoms with E-state index in [1.807, 2.05) is 0 Å². The van der Waals surface area contributed by atoms with Crippen molar-refractivity contribution >= 4 is 23.6 Å². The first kappa shape index (κ1) is 34.2. The molecule has 0 aromatic heterocycles. The van der Waals surface area contributed by atoms with Crippen molar-refractivity contribution in [3.8, 4) is 0 Å². The van der Waals surface area contributed by atoms with E-state index in [-0.39, 0.29) is 0 Å². The highest BCUT2D eigenvalue weighted by Gasteiger charge is 2.46. The third-order valence-corrected chi connectivity index (χ3v) is 14.8. The summed E-state index contributed by atoms with van der Waals surface area (Å²) in [5, 5.41) is 6.31. The van der Waals surface area contributed by atoms with Crippen molar-refractivity contribution in [3.05, 3.63) is 111 Å². The standard InChI is InChI=1S/C43H60Si/c1-14-33-16-15-17-43(33)44(40-21-34(27(2)3)18-35(22-40)28(4)5,41-23-36(29(6)7)19-37(24-41)30(8)9)42-25-38(31(10)11)20-39(26-42)32(12)13/h16-32H,14-15H2,1-13H3. The van der Waals surface area contributed by atoms with Gasteiger partial charge in [-0.15, -0.1) is 0 Å². The predicted octanol–water partition coefficient (Wildman–Crippen LogP) is 11.1. The molecule has 3 aromatic carbocycles. The highest BCUT2D eigenvalue weighted by molar-refractivity contribution is 7.16. The van der Waals surface area contributed by atoms with Crippen LogP contribution in [0.15, 0.2) is 77.5 Å². The fraction of sp³-hybridized carbons (Fsp3) is 0.488. The van der Waals surface area contributed by atoms with E-state index < -0.39 is 8.07 Å². The molecule has 0 bridgehead atoms. The summed E-state index contributed by atoms with van der Waals surface area (Å²) in [5.74, 6) is 2.83. The Morgan fingerprint density at radius 2 is 0.705 bits per heavy atom. The van der Waals surface area contributed by atoms with Gasteiger partial charge >= 0.3 is 0 Å². The minimum atomic E-state index is -2.75. The van der Waals surface area contributed by atoms with Crippen LogP contribution in [0.1, 0.15) is 172 Å². The predicted molar refractivity (Wildman–Crippen MR) is 200 cm³/mol. The Kier molecular flexibility index (Phi) is 10.7. The lowest BCUT2D eigenvalue weighted by Crippen LogP contribution is -2.69. The molecule has 0 fully saturated rings. The molecule has 1 aliphatic carbocycles. The molecule has 236 valence electrons. The van der Waals surface area contributed by atoms with Crippen LogP contribution in [0.25, 0.3) is 0 Å². The summed E-state index contributed by atoms with van der Waals surface area (Å²) >= 11 is 0. The second kappa shape index (κ2) is 13.8. The van der Waals surface area contributed by atoms with Gasteiger partial charge < -0.3 is 0 Å². The fourth-order valence-electron chi connectivity index (χ4n) is 6.93. The van der Waals surface area contributed by atoms with Gasteiger partial charge in [0.1, 0.15) is 0 Å². The first-order valence-electron chi connectivity index (χ1n) is 17.6. The largest absolute Gasteiger partial charge is 0.179 e. The molecule has 0 spiro atoms. The second-order valence-electron chi connectivity index (χ2n) is 15.3. The van der Waals surface area contributed by atoms with E-state index >= 15 is 0 Å². The Balaban J connectivity index is 2.34. The van der Waals surface area contributed by atoms with Crippen molar-refractivity contribution in [3.63, 3.8) is 0 Å². The number of hydrogen-bond acceptors (Lipinski definition) is 0. The molecule has 4 rings (SSSR count). The summed E-state index contributed by atoms with van der Waals surface area (Å²) in [4.78, 5) is 0. The second-order valence-corrected chi connectivity index (χ2v) is 19.1. The fourth-order valence-corrected chi connectivity index (χ4v) is 12.4. The first-order valence-corrected chi connectivity index (χ1v) is 19.6. The Morgan fingerprint density at radius 1 is 0.432 bits per heavy atom. The smallest absolute Gasteiger partial charge is 0.0801 e. The zero-order valence-electron chi connectivity index (χ0n) is 30.2. The Bertz CT molecular complexity index is 1290. The van der Waals surface area contributed by atoms with Gasteiger partial charge in [-0.3, -0.25) is 0 Å². The first-order chi connectivity index (χ1) is 20.7. The highest BCUT2D eigenvalue weighted by atomic mass is 28.3. The molecular weight excluding hydrogens is 545 g/mol. The quantitative estimate of drug-likeness (QED) is 0.151. The molecule has 0 heterocycles. The maximum atomic E-state index is 2.63. The molecule has 0 N–H and O–H groups in total. The highest BCUT2D eigenvalue weighted by Crippen LogP contribution is 2.35. The Hall–Kier alpha value is -2.64. The Labute approximate surface area is 272 Å². The van der Waals surface area contributed by atoms with Crippen molar-refractivity contribution in [1.82, 2.24) is 0 Å². The van der Waals surface area contributed by atoms with Crippen molar-refractivity contribution < 1.29 is 0 Å². The minimum Gasteiger partial charge on any atom is -0.0801 e. The molecule has 0 radical (unpaired) electrons. The normalized spacial score (nSPS) is 14.2. The van der Waals surface area contributed by atoms with Crippen LogP contribution in [0.2, 0.25) is 0 Å². The molecule has 1 heteroatoms. The van der Waals surface area contributed by atoms with Crippen LogP contribution >= 0.6 is 0 Å². The molecule has 3 aromatic rings. The van der Waals surface area contributed by atoms with E-state index in [4.69, 9.17) is 0 Å². The number of allylic oxidation sites excluding steroid dienone is 4. The maximum Gasteiger partial charge on any atom is 0.179 e. The van der Waals surface area contributed by atoms with Gasteiger partial charge in [-0.05, 0) is 102 Å². The van der Waals surface area contributed by atoms with Crippen LogP contribution in [0.5, 0.6) is 0 Å². The summed E-state index contributed by atoms with van der Waals surface area (Å²) in [5.41, 5.74) is 10.4. The van der Waals surface area contributed by atoms with Gasteiger partial charge in [0, 0.05) is 0 Å². The topological polar surface area (TPSA) is 0 Å². The van der Waals surface area contributed by atoms with Crippen molar-refractivity contribution in [2.75, 3.05) is 0 Å². The third-order valence-electron chi connectivity index (χ3n) is 10.0. The van der Waals surface area contributed by atoms with Gasteiger partial charge in [0.05, 0.1) is 0 Å². The van der Waals surface area contributed by atoms with Gasteiger partial charge in [0.15, 0.2) is 8.07 Å². The summed E-state index contributed by atoms with van der Waals surface area (Å²) in [6, 6.07) is 23.2. The van der Waals surface area contributed by atoms with Crippen molar-refractivity contribution in [2.24, 2.45) is 0 Å². The SMILES string of the molecule is CCC1=CCC=C1[Si](c1cc(C(C)C)cc(C(C)C)c1)(c1cc(C(C)C)cc(C(C)C)c1)c1cc(C(C)C)cc(C(C)C)c1. The van der Waals surface area contributed by atoms with Gasteiger partial charge in [0.2, 0.25) is 0 Å². The lowest BCUT2D eigenvalue weighted by Gasteiger charge is -2.39. The molecule has 0 saturated carbocycles. The van der Waals surface area contributed by atoms with Gasteiger partial charge in [-0.2, -0.15) is 0 Å². The van der Waals surface area contributed by atoms with Crippen LogP contribution in [-0.4, -0.2) is 8.07 Å². The van der Waals surface area contributed by atoms with E-state index in [2.05, 4.69) is 157 Å². The van der Waals surface area contributed by atoms with Gasteiger partial charge in [0.25, 0.3) is 0 Å². The molecule has 0 saturated heterocycles. The molecule has 44 heavy (non-hydrogen) atoms. The molecule has 0 atom stereocenters. The molecule has 0 amide bonds. The summed E-state index contributed by atoms with van der Waals surface area (Å²) < 4.78 is 0. The molecule has 1 aliphatic rings. The van der Waals surface area contributed by atoms with Gasteiger partial charge in [-0.25, -0.2) is 0 Å². The average molecular weight is 605 g/mol. The van der Waals surface area contributed by atoms with E-state index in [1.165, 1.54) is 33.4 Å². The summed E-state index contributed by atoms with van der Waals surface area (Å²) in [6.45, 7) is 30.8. The zero-order valence-corrected chi connectivity index (χ0v) is 31.2. The number of benzene rings is 3. The van der Waals surface area contributed by atoms with Crippen LogP contribution in [0.4, 0.5) is 0 Å². The van der Waals surface area contributed by atoms with E-state index in [1.54, 1.807) is 26.3 Å². The van der Waals surface area contributed by atoms with Gasteiger partial charge in [-0.1, -0.05) is 162 Å². The van der Waals surface area contributed by atoms with E-state index in [9.17, 15) is 0 Å². The molecule has 0 aliphatic heterocycles. The molecule has 0 unspecified atom stereocenters. The minimum absolute atomic E-state index is 0.472. The lowest BCUT2D eigenvalue weighted by molar-refractivity contribution is 0.834. The third kappa shape index (κ3) is 6.64. The van der Waals surface area contributed by atoms with Crippen LogP contribution in [0, 0.1) is 0 Å². The lowest BCUT2D eigenvalue weighted by atomic mass is 9.95. The number of hydrogen-bond donors (Lipinski definition) is 0. The average Bonchev–Trinajstić information content (AvgIpc) is 3.46. The molecular formula is C43H60Si. The molecule has 0 nitrogen and oxygen atoms in total. The van der Waals surface area contributed by atoms with Crippen LogP contribution in [0.3, 0.4) is 0 Å². The summed E-state index contributed by atoms with van der Waals surface area (Å²) in [6.07, 6.45) is 7.26. The van der Waals surface area contributed by atoms with Crippen LogP contribution < -0.4 is 15.6 Å². The zero-order chi connectivity index (χ0) is 32.5. The van der Waals surface area contributed by atoms with Crippen molar-refractivity contribution in [1.29, 1.82) is 0 Å².